The van der Waals surface area contributed by atoms with Crippen LogP contribution in [0.15, 0.2) is 4.34 Å². The van der Waals surface area contributed by atoms with Gasteiger partial charge in [0.1, 0.15) is 10.5 Å². The van der Waals surface area contributed by atoms with Crippen molar-refractivity contribution in [2.75, 3.05) is 12.3 Å². The molecule has 0 aromatic carbocycles. The summed E-state index contributed by atoms with van der Waals surface area (Å²) >= 11 is 3.21. The monoisotopic (exact) mass is 289 g/mol. The molecule has 0 saturated heterocycles. The fraction of sp³-hybridized carbons (Fsp3) is 0.727. The molecule has 0 spiro atoms. The van der Waals surface area contributed by atoms with Crippen LogP contribution in [0.2, 0.25) is 0 Å². The van der Waals surface area contributed by atoms with E-state index in [1.54, 1.807) is 30.0 Å². The van der Waals surface area contributed by atoms with Crippen LogP contribution < -0.4 is 5.32 Å². The molecule has 18 heavy (non-hydrogen) atoms. The third-order valence-electron chi connectivity index (χ3n) is 2.59. The van der Waals surface area contributed by atoms with E-state index in [-0.39, 0.29) is 0 Å². The number of hydrogen-bond donors (Lipinski definition) is 2. The molecule has 0 radical (unpaired) electrons. The van der Waals surface area contributed by atoms with Crippen LogP contribution >= 0.6 is 23.1 Å². The fourth-order valence-electron chi connectivity index (χ4n) is 1.58. The zero-order valence-corrected chi connectivity index (χ0v) is 12.5. The smallest absolute Gasteiger partial charge is 0.323 e. The van der Waals surface area contributed by atoms with Crippen molar-refractivity contribution in [1.82, 2.24) is 15.5 Å². The van der Waals surface area contributed by atoms with Crippen LogP contribution in [0, 0.1) is 6.92 Å². The molecule has 0 fully saturated rings. The van der Waals surface area contributed by atoms with Gasteiger partial charge in [0.05, 0.1) is 0 Å². The Morgan fingerprint density at radius 2 is 2.28 bits per heavy atom. The number of aliphatic carboxylic acids is 1. The molecule has 102 valence electrons. The number of carbonyl (C=O) groups is 1. The number of rotatable bonds is 8. The molecular weight excluding hydrogens is 270 g/mol. The van der Waals surface area contributed by atoms with Crippen molar-refractivity contribution in [3.63, 3.8) is 0 Å². The van der Waals surface area contributed by atoms with Crippen molar-refractivity contribution in [2.24, 2.45) is 0 Å². The standard InChI is InChI=1S/C11H19N3O2S2/c1-4-12-11(3,9(15)16)6-5-7-17-10-14-13-8(2)18-10/h12H,4-7H2,1-3H3,(H,15,16). The lowest BCUT2D eigenvalue weighted by Gasteiger charge is -2.25. The van der Waals surface area contributed by atoms with Gasteiger partial charge in [0.25, 0.3) is 0 Å². The van der Waals surface area contributed by atoms with E-state index < -0.39 is 11.5 Å². The Bertz CT molecular complexity index is 397. The van der Waals surface area contributed by atoms with Crippen molar-refractivity contribution in [1.29, 1.82) is 0 Å². The van der Waals surface area contributed by atoms with Crippen LogP contribution in [-0.2, 0) is 4.79 Å². The summed E-state index contributed by atoms with van der Waals surface area (Å²) in [5.41, 5.74) is -0.827. The predicted molar refractivity (Wildman–Crippen MR) is 74.3 cm³/mol. The quantitative estimate of drug-likeness (QED) is 0.564. The first-order chi connectivity index (χ1) is 8.48. The van der Waals surface area contributed by atoms with E-state index >= 15 is 0 Å². The second kappa shape index (κ2) is 7.06. The summed E-state index contributed by atoms with van der Waals surface area (Å²) in [4.78, 5) is 11.2. The molecule has 1 unspecified atom stereocenters. The number of aromatic nitrogens is 2. The highest BCUT2D eigenvalue weighted by atomic mass is 32.2. The van der Waals surface area contributed by atoms with Gasteiger partial charge in [-0.3, -0.25) is 4.79 Å². The topological polar surface area (TPSA) is 75.1 Å². The number of nitrogens with zero attached hydrogens (tertiary/aromatic N) is 2. The van der Waals surface area contributed by atoms with E-state index in [2.05, 4.69) is 15.5 Å². The molecule has 1 aromatic rings. The number of likely N-dealkylation sites (N-methyl/N-ethyl adjacent to an activating group) is 1. The number of carboxylic acids is 1. The van der Waals surface area contributed by atoms with E-state index in [1.165, 1.54) is 0 Å². The maximum Gasteiger partial charge on any atom is 0.323 e. The van der Waals surface area contributed by atoms with E-state index in [9.17, 15) is 9.90 Å². The number of hydrogen-bond acceptors (Lipinski definition) is 6. The molecule has 0 bridgehead atoms. The minimum atomic E-state index is -0.827. The molecule has 1 heterocycles. The first kappa shape index (κ1) is 15.4. The van der Waals surface area contributed by atoms with Crippen molar-refractivity contribution >= 4 is 29.1 Å². The molecule has 0 aliphatic rings. The summed E-state index contributed by atoms with van der Waals surface area (Å²) in [5, 5.41) is 21.1. The van der Waals surface area contributed by atoms with Crippen LogP contribution in [0.25, 0.3) is 0 Å². The Labute approximate surface area is 115 Å². The predicted octanol–water partition coefficient (Wildman–Crippen LogP) is 2.17. The van der Waals surface area contributed by atoms with E-state index in [1.807, 2.05) is 13.8 Å². The second-order valence-corrected chi connectivity index (χ2v) is 6.73. The van der Waals surface area contributed by atoms with Gasteiger partial charge in [-0.25, -0.2) is 0 Å². The lowest BCUT2D eigenvalue weighted by atomic mass is 9.96. The van der Waals surface area contributed by atoms with Gasteiger partial charge in [-0.15, -0.1) is 10.2 Å². The van der Waals surface area contributed by atoms with Crippen LogP contribution in [0.5, 0.6) is 0 Å². The Kier molecular flexibility index (Phi) is 6.04. The van der Waals surface area contributed by atoms with Gasteiger partial charge >= 0.3 is 5.97 Å². The maximum atomic E-state index is 11.2. The molecule has 0 aliphatic heterocycles. The van der Waals surface area contributed by atoms with Crippen LogP contribution in [0.3, 0.4) is 0 Å². The molecule has 1 aromatic heterocycles. The lowest BCUT2D eigenvalue weighted by Crippen LogP contribution is -2.49. The van der Waals surface area contributed by atoms with Gasteiger partial charge in [-0.1, -0.05) is 30.0 Å². The molecule has 0 amide bonds. The highest BCUT2D eigenvalue weighted by Crippen LogP contribution is 2.24. The van der Waals surface area contributed by atoms with Gasteiger partial charge in [0, 0.05) is 5.75 Å². The lowest BCUT2D eigenvalue weighted by molar-refractivity contribution is -0.144. The van der Waals surface area contributed by atoms with Gasteiger partial charge in [-0.2, -0.15) is 0 Å². The highest BCUT2D eigenvalue weighted by Gasteiger charge is 2.31. The minimum Gasteiger partial charge on any atom is -0.480 e. The van der Waals surface area contributed by atoms with Crippen LogP contribution in [0.4, 0.5) is 0 Å². The van der Waals surface area contributed by atoms with Crippen LogP contribution in [0.1, 0.15) is 31.7 Å². The van der Waals surface area contributed by atoms with E-state index in [4.69, 9.17) is 0 Å². The first-order valence-corrected chi connectivity index (χ1v) is 7.69. The zero-order valence-electron chi connectivity index (χ0n) is 10.9. The Morgan fingerprint density at radius 3 is 2.78 bits per heavy atom. The highest BCUT2D eigenvalue weighted by molar-refractivity contribution is 8.01. The average Bonchev–Trinajstić information content (AvgIpc) is 2.71. The first-order valence-electron chi connectivity index (χ1n) is 5.89. The molecule has 7 heteroatoms. The fourth-order valence-corrected chi connectivity index (χ4v) is 3.41. The van der Waals surface area contributed by atoms with Gasteiger partial charge in [-0.05, 0) is 33.2 Å². The summed E-state index contributed by atoms with van der Waals surface area (Å²) < 4.78 is 0.952. The van der Waals surface area contributed by atoms with Gasteiger partial charge < -0.3 is 10.4 Å². The van der Waals surface area contributed by atoms with Crippen molar-refractivity contribution < 1.29 is 9.90 Å². The normalized spacial score (nSPS) is 14.4. The second-order valence-electron chi connectivity index (χ2n) is 4.21. The van der Waals surface area contributed by atoms with Crippen LogP contribution in [-0.4, -0.2) is 39.1 Å². The molecular formula is C11H19N3O2S2. The van der Waals surface area contributed by atoms with Crippen molar-refractivity contribution in [2.45, 2.75) is 43.5 Å². The van der Waals surface area contributed by atoms with Crippen molar-refractivity contribution in [3.8, 4) is 0 Å². The molecule has 0 saturated carbocycles. The van der Waals surface area contributed by atoms with Crippen molar-refractivity contribution in [3.05, 3.63) is 5.01 Å². The third kappa shape index (κ3) is 4.55. The minimum absolute atomic E-state index is 0.612. The molecule has 5 nitrogen and oxygen atoms in total. The SMILES string of the molecule is CCNC(C)(CCCSc1nnc(C)s1)C(=O)O. The van der Waals surface area contributed by atoms with E-state index in [0.29, 0.717) is 13.0 Å². The van der Waals surface area contributed by atoms with Gasteiger partial charge in [0.2, 0.25) is 0 Å². The Balaban J connectivity index is 2.33. The van der Waals surface area contributed by atoms with Gasteiger partial charge in [0.15, 0.2) is 4.34 Å². The number of nitrogens with one attached hydrogen (secondary N) is 1. The molecule has 2 N–H and O–H groups in total. The summed E-state index contributed by atoms with van der Waals surface area (Å²) in [5.74, 6) is 0.0733. The molecule has 1 rings (SSSR count). The number of thioether (sulfide) groups is 1. The summed E-state index contributed by atoms with van der Waals surface area (Å²) in [6, 6.07) is 0. The maximum absolute atomic E-state index is 11.2. The number of carboxylic acid groups (broad SMARTS) is 1. The third-order valence-corrected chi connectivity index (χ3v) is 4.65. The zero-order chi connectivity index (χ0) is 13.6. The van der Waals surface area contributed by atoms with E-state index in [0.717, 1.165) is 21.5 Å². The Hall–Kier alpha value is -0.660. The average molecular weight is 289 g/mol. The summed E-state index contributed by atoms with van der Waals surface area (Å²) in [6.45, 7) is 6.23. The summed E-state index contributed by atoms with van der Waals surface area (Å²) in [7, 11) is 0. The summed E-state index contributed by atoms with van der Waals surface area (Å²) in [6.07, 6.45) is 1.44. The number of aryl methyl sites for hydroxylation is 1. The molecule has 0 aliphatic carbocycles. The largest absolute Gasteiger partial charge is 0.480 e. The molecule has 1 atom stereocenters. The Morgan fingerprint density at radius 1 is 1.56 bits per heavy atom.